The summed E-state index contributed by atoms with van der Waals surface area (Å²) < 4.78 is 0. The van der Waals surface area contributed by atoms with E-state index >= 15 is 0 Å². The van der Waals surface area contributed by atoms with Gasteiger partial charge in [0.25, 0.3) is 0 Å². The molecule has 2 aromatic rings. The van der Waals surface area contributed by atoms with E-state index in [1.165, 1.54) is 5.56 Å². The quantitative estimate of drug-likeness (QED) is 0.802. The van der Waals surface area contributed by atoms with Crippen molar-refractivity contribution in [3.8, 4) is 11.3 Å². The minimum atomic E-state index is 0.464. The lowest BCUT2D eigenvalue weighted by Crippen LogP contribution is -2.01. The molecule has 3 heteroatoms. The predicted octanol–water partition coefficient (Wildman–Crippen LogP) is 2.10. The molecule has 0 saturated heterocycles. The Labute approximate surface area is 95.1 Å². The molecule has 0 fully saturated rings. The third-order valence-electron chi connectivity index (χ3n) is 2.61. The highest BCUT2D eigenvalue weighted by Crippen LogP contribution is 2.26. The fourth-order valence-electron chi connectivity index (χ4n) is 1.70. The molecular formula is C13H15N3. The van der Waals surface area contributed by atoms with E-state index in [-0.39, 0.29) is 0 Å². The molecular weight excluding hydrogens is 198 g/mol. The number of hydrogen-bond donors (Lipinski definition) is 2. The second-order valence-electron chi connectivity index (χ2n) is 3.80. The fraction of sp³-hybridized carbons (Fsp3) is 0.154. The van der Waals surface area contributed by atoms with Gasteiger partial charge >= 0.3 is 0 Å². The van der Waals surface area contributed by atoms with Gasteiger partial charge in [-0.3, -0.25) is 4.98 Å². The van der Waals surface area contributed by atoms with Gasteiger partial charge in [-0.25, -0.2) is 0 Å². The van der Waals surface area contributed by atoms with Crippen molar-refractivity contribution < 1.29 is 0 Å². The average molecular weight is 213 g/mol. The number of nitrogens with two attached hydrogens (primary N) is 2. The zero-order chi connectivity index (χ0) is 11.5. The zero-order valence-electron chi connectivity index (χ0n) is 9.27. The Morgan fingerprint density at radius 3 is 2.62 bits per heavy atom. The van der Waals surface area contributed by atoms with Crippen LogP contribution in [0.5, 0.6) is 0 Å². The molecule has 1 heterocycles. The van der Waals surface area contributed by atoms with E-state index in [0.717, 1.165) is 16.8 Å². The molecule has 1 aromatic heterocycles. The van der Waals surface area contributed by atoms with Crippen LogP contribution in [0.15, 0.2) is 36.5 Å². The number of rotatable bonds is 2. The van der Waals surface area contributed by atoms with Gasteiger partial charge in [-0.15, -0.1) is 0 Å². The maximum Gasteiger partial charge on any atom is 0.0933 e. The summed E-state index contributed by atoms with van der Waals surface area (Å²) in [6, 6.07) is 9.95. The largest absolute Gasteiger partial charge is 0.397 e. The molecule has 0 saturated carbocycles. The van der Waals surface area contributed by atoms with Crippen molar-refractivity contribution in [2.24, 2.45) is 5.73 Å². The first-order valence-corrected chi connectivity index (χ1v) is 5.23. The molecule has 0 aliphatic rings. The first-order valence-electron chi connectivity index (χ1n) is 5.23. The smallest absolute Gasteiger partial charge is 0.0933 e. The maximum absolute atomic E-state index is 5.98. The molecule has 0 aliphatic carbocycles. The molecule has 16 heavy (non-hydrogen) atoms. The van der Waals surface area contributed by atoms with Gasteiger partial charge in [-0.2, -0.15) is 0 Å². The Morgan fingerprint density at radius 2 is 2.00 bits per heavy atom. The van der Waals surface area contributed by atoms with Crippen LogP contribution in [0.25, 0.3) is 11.3 Å². The van der Waals surface area contributed by atoms with Gasteiger partial charge in [0.15, 0.2) is 0 Å². The molecule has 0 unspecified atom stereocenters. The molecule has 2 rings (SSSR count). The van der Waals surface area contributed by atoms with Gasteiger partial charge < -0.3 is 11.5 Å². The van der Waals surface area contributed by atoms with Crippen LogP contribution < -0.4 is 11.5 Å². The highest BCUT2D eigenvalue weighted by atomic mass is 14.7. The van der Waals surface area contributed by atoms with Crippen LogP contribution in [0.2, 0.25) is 0 Å². The molecule has 0 bridgehead atoms. The molecule has 0 radical (unpaired) electrons. The molecule has 4 N–H and O–H groups in total. The summed E-state index contributed by atoms with van der Waals surface area (Å²) >= 11 is 0. The van der Waals surface area contributed by atoms with Crippen molar-refractivity contribution in [1.82, 2.24) is 4.98 Å². The van der Waals surface area contributed by atoms with E-state index < -0.39 is 0 Å². The Hall–Kier alpha value is -1.87. The number of hydrogen-bond acceptors (Lipinski definition) is 3. The SMILES string of the molecule is Cc1ccccc1-c1ncc(CN)cc1N. The number of pyridine rings is 1. The highest BCUT2D eigenvalue weighted by molar-refractivity contribution is 5.74. The van der Waals surface area contributed by atoms with Crippen molar-refractivity contribution in [3.63, 3.8) is 0 Å². The summed E-state index contributed by atoms with van der Waals surface area (Å²) in [5.74, 6) is 0. The monoisotopic (exact) mass is 213 g/mol. The second-order valence-corrected chi connectivity index (χ2v) is 3.80. The van der Waals surface area contributed by atoms with Gasteiger partial charge in [0, 0.05) is 18.3 Å². The van der Waals surface area contributed by atoms with E-state index in [2.05, 4.69) is 4.98 Å². The Kier molecular flexibility index (Phi) is 2.88. The van der Waals surface area contributed by atoms with E-state index in [0.29, 0.717) is 12.2 Å². The van der Waals surface area contributed by atoms with E-state index in [1.807, 2.05) is 37.3 Å². The summed E-state index contributed by atoms with van der Waals surface area (Å²) in [7, 11) is 0. The minimum absolute atomic E-state index is 0.464. The summed E-state index contributed by atoms with van der Waals surface area (Å²) in [6.07, 6.45) is 1.78. The third-order valence-corrected chi connectivity index (χ3v) is 2.61. The number of nitrogens with zero attached hydrogens (tertiary/aromatic N) is 1. The Balaban J connectivity index is 2.53. The fourth-order valence-corrected chi connectivity index (χ4v) is 1.70. The lowest BCUT2D eigenvalue weighted by molar-refractivity contribution is 1.05. The highest BCUT2D eigenvalue weighted by Gasteiger charge is 2.06. The Bertz CT molecular complexity index is 506. The van der Waals surface area contributed by atoms with Crippen LogP contribution in [0, 0.1) is 6.92 Å². The molecule has 0 spiro atoms. The third kappa shape index (κ3) is 1.90. The van der Waals surface area contributed by atoms with Gasteiger partial charge in [0.05, 0.1) is 11.4 Å². The van der Waals surface area contributed by atoms with Crippen LogP contribution in [-0.2, 0) is 6.54 Å². The standard InChI is InChI=1S/C13H15N3/c1-9-4-2-3-5-11(9)13-12(15)6-10(7-14)8-16-13/h2-6,8H,7,14-15H2,1H3. The van der Waals surface area contributed by atoms with Crippen molar-refractivity contribution in [2.75, 3.05) is 5.73 Å². The minimum Gasteiger partial charge on any atom is -0.397 e. The molecule has 0 atom stereocenters. The lowest BCUT2D eigenvalue weighted by Gasteiger charge is -2.08. The van der Waals surface area contributed by atoms with Crippen molar-refractivity contribution >= 4 is 5.69 Å². The molecule has 0 amide bonds. The van der Waals surface area contributed by atoms with Gasteiger partial charge in [-0.05, 0) is 24.1 Å². The van der Waals surface area contributed by atoms with E-state index in [9.17, 15) is 0 Å². The normalized spacial score (nSPS) is 10.4. The second kappa shape index (κ2) is 4.33. The first kappa shape index (κ1) is 10.6. The lowest BCUT2D eigenvalue weighted by atomic mass is 10.0. The molecule has 1 aromatic carbocycles. The van der Waals surface area contributed by atoms with Crippen molar-refractivity contribution in [3.05, 3.63) is 47.7 Å². The van der Waals surface area contributed by atoms with Gasteiger partial charge in [-0.1, -0.05) is 24.3 Å². The van der Waals surface area contributed by atoms with Gasteiger partial charge in [0.2, 0.25) is 0 Å². The number of nitrogen functional groups attached to an aromatic ring is 1. The molecule has 3 nitrogen and oxygen atoms in total. The van der Waals surface area contributed by atoms with Crippen LogP contribution in [0.4, 0.5) is 5.69 Å². The first-order chi connectivity index (χ1) is 7.72. The molecule has 0 aliphatic heterocycles. The van der Waals surface area contributed by atoms with Crippen LogP contribution >= 0.6 is 0 Å². The zero-order valence-corrected chi connectivity index (χ0v) is 9.27. The van der Waals surface area contributed by atoms with Gasteiger partial charge in [0.1, 0.15) is 0 Å². The summed E-state index contributed by atoms with van der Waals surface area (Å²) in [4.78, 5) is 4.38. The molecule has 82 valence electrons. The predicted molar refractivity (Wildman–Crippen MR) is 66.7 cm³/mol. The van der Waals surface area contributed by atoms with Crippen LogP contribution in [0.1, 0.15) is 11.1 Å². The maximum atomic E-state index is 5.98. The van der Waals surface area contributed by atoms with Crippen molar-refractivity contribution in [2.45, 2.75) is 13.5 Å². The number of aromatic nitrogens is 1. The van der Waals surface area contributed by atoms with Crippen LogP contribution in [-0.4, -0.2) is 4.98 Å². The van der Waals surface area contributed by atoms with Crippen LogP contribution in [0.3, 0.4) is 0 Å². The Morgan fingerprint density at radius 1 is 1.25 bits per heavy atom. The summed E-state index contributed by atoms with van der Waals surface area (Å²) in [5.41, 5.74) is 16.2. The summed E-state index contributed by atoms with van der Waals surface area (Å²) in [5, 5.41) is 0. The topological polar surface area (TPSA) is 64.9 Å². The van der Waals surface area contributed by atoms with E-state index in [1.54, 1.807) is 6.20 Å². The van der Waals surface area contributed by atoms with Crippen molar-refractivity contribution in [1.29, 1.82) is 0 Å². The summed E-state index contributed by atoms with van der Waals surface area (Å²) in [6.45, 7) is 2.51. The number of anilines is 1. The van der Waals surface area contributed by atoms with E-state index in [4.69, 9.17) is 11.5 Å². The average Bonchev–Trinajstić information content (AvgIpc) is 2.30. The number of aryl methyl sites for hydroxylation is 1. The number of benzene rings is 1.